The minimum Gasteiger partial charge on any atom is -0.294 e. The first kappa shape index (κ1) is 13.9. The molecule has 0 radical (unpaired) electrons. The Morgan fingerprint density at radius 1 is 1.16 bits per heavy atom. The van der Waals surface area contributed by atoms with Gasteiger partial charge in [-0.3, -0.25) is 4.79 Å². The Labute approximate surface area is 120 Å². The number of benzene rings is 2. The maximum Gasteiger partial charge on any atom is 0.166 e. The molecule has 0 fully saturated rings. The van der Waals surface area contributed by atoms with Crippen molar-refractivity contribution < 1.29 is 9.18 Å². The van der Waals surface area contributed by atoms with Gasteiger partial charge in [-0.2, -0.15) is 0 Å². The van der Waals surface area contributed by atoms with Gasteiger partial charge in [0.25, 0.3) is 0 Å². The lowest BCUT2D eigenvalue weighted by atomic mass is 10.0. The number of halogens is 2. The number of hydrogen-bond acceptors (Lipinski definition) is 1. The van der Waals surface area contributed by atoms with Gasteiger partial charge in [0.1, 0.15) is 5.82 Å². The van der Waals surface area contributed by atoms with Crippen molar-refractivity contribution in [3.8, 4) is 0 Å². The Morgan fingerprint density at radius 2 is 1.84 bits per heavy atom. The van der Waals surface area contributed by atoms with E-state index in [2.05, 4.69) is 15.9 Å². The van der Waals surface area contributed by atoms with Crippen molar-refractivity contribution in [2.45, 2.75) is 19.8 Å². The number of hydrogen-bond donors (Lipinski definition) is 0. The number of ketones is 1. The first-order chi connectivity index (χ1) is 9.06. The van der Waals surface area contributed by atoms with E-state index in [0.29, 0.717) is 17.3 Å². The average molecular weight is 321 g/mol. The molecule has 0 heterocycles. The fourth-order valence-corrected chi connectivity index (χ4v) is 2.20. The minimum absolute atomic E-state index is 0.162. The number of Topliss-reactive ketones (excluding diaryl/α,β-unsaturated/α-hetero) is 1. The fourth-order valence-electron chi connectivity index (χ4n) is 1.86. The summed E-state index contributed by atoms with van der Waals surface area (Å²) >= 11 is 3.18. The van der Waals surface area contributed by atoms with E-state index in [-0.39, 0.29) is 11.3 Å². The fraction of sp³-hybridized carbons (Fsp3) is 0.188. The molecule has 0 saturated heterocycles. The second-order valence-electron chi connectivity index (χ2n) is 4.53. The summed E-state index contributed by atoms with van der Waals surface area (Å²) in [4.78, 5) is 12.0. The van der Waals surface area contributed by atoms with Crippen molar-refractivity contribution in [3.63, 3.8) is 0 Å². The van der Waals surface area contributed by atoms with Gasteiger partial charge in [0.05, 0.1) is 5.56 Å². The lowest BCUT2D eigenvalue weighted by molar-refractivity contribution is 0.0979. The summed E-state index contributed by atoms with van der Waals surface area (Å²) in [6.07, 6.45) is 0.955. The summed E-state index contributed by atoms with van der Waals surface area (Å²) in [6.45, 7) is 2.02. The molecule has 2 rings (SSSR count). The Morgan fingerprint density at radius 3 is 2.47 bits per heavy atom. The van der Waals surface area contributed by atoms with Crippen LogP contribution >= 0.6 is 15.9 Å². The molecular weight excluding hydrogens is 307 g/mol. The number of rotatable bonds is 4. The summed E-state index contributed by atoms with van der Waals surface area (Å²) in [6, 6.07) is 12.6. The molecule has 0 aliphatic rings. The van der Waals surface area contributed by atoms with Crippen molar-refractivity contribution in [2.75, 3.05) is 0 Å². The van der Waals surface area contributed by atoms with Gasteiger partial charge in [0.15, 0.2) is 5.78 Å². The van der Waals surface area contributed by atoms with Crippen molar-refractivity contribution in [1.29, 1.82) is 0 Å². The molecule has 0 unspecified atom stereocenters. The van der Waals surface area contributed by atoms with Crippen LogP contribution in [-0.4, -0.2) is 5.78 Å². The first-order valence-corrected chi connectivity index (χ1v) is 6.89. The van der Waals surface area contributed by atoms with E-state index in [4.69, 9.17) is 0 Å². The zero-order chi connectivity index (χ0) is 13.8. The molecule has 2 aromatic carbocycles. The molecule has 0 amide bonds. The van der Waals surface area contributed by atoms with Crippen LogP contribution in [0.2, 0.25) is 0 Å². The second-order valence-corrected chi connectivity index (χ2v) is 5.45. The highest BCUT2D eigenvalue weighted by Gasteiger charge is 2.11. The minimum atomic E-state index is -0.469. The normalized spacial score (nSPS) is 10.5. The van der Waals surface area contributed by atoms with Crippen molar-refractivity contribution >= 4 is 21.7 Å². The van der Waals surface area contributed by atoms with Crippen LogP contribution < -0.4 is 0 Å². The molecule has 98 valence electrons. The van der Waals surface area contributed by atoms with E-state index in [1.165, 1.54) is 17.7 Å². The lowest BCUT2D eigenvalue weighted by Crippen LogP contribution is -2.04. The van der Waals surface area contributed by atoms with E-state index >= 15 is 0 Å². The Balaban J connectivity index is 2.03. The van der Waals surface area contributed by atoms with Crippen LogP contribution in [0.15, 0.2) is 46.9 Å². The second kappa shape index (κ2) is 6.11. The largest absolute Gasteiger partial charge is 0.294 e. The predicted molar refractivity (Wildman–Crippen MR) is 77.9 cm³/mol. The average Bonchev–Trinajstić information content (AvgIpc) is 2.37. The van der Waals surface area contributed by atoms with E-state index in [1.807, 2.05) is 31.2 Å². The highest BCUT2D eigenvalue weighted by atomic mass is 79.9. The lowest BCUT2D eigenvalue weighted by Gasteiger charge is -2.04. The van der Waals surface area contributed by atoms with E-state index in [0.717, 1.165) is 5.56 Å². The first-order valence-electron chi connectivity index (χ1n) is 6.10. The highest BCUT2D eigenvalue weighted by Crippen LogP contribution is 2.17. The van der Waals surface area contributed by atoms with Crippen LogP contribution in [0, 0.1) is 12.7 Å². The van der Waals surface area contributed by atoms with Crippen LogP contribution in [0.25, 0.3) is 0 Å². The van der Waals surface area contributed by atoms with Gasteiger partial charge in [-0.1, -0.05) is 45.8 Å². The summed E-state index contributed by atoms with van der Waals surface area (Å²) < 4.78 is 14.3. The molecule has 0 aliphatic carbocycles. The van der Waals surface area contributed by atoms with Gasteiger partial charge in [-0.05, 0) is 37.1 Å². The Kier molecular flexibility index (Phi) is 4.48. The van der Waals surface area contributed by atoms with Gasteiger partial charge in [0.2, 0.25) is 0 Å². The molecule has 0 atom stereocenters. The third-order valence-corrected chi connectivity index (χ3v) is 3.49. The molecule has 0 aromatic heterocycles. The van der Waals surface area contributed by atoms with Gasteiger partial charge in [-0.25, -0.2) is 4.39 Å². The summed E-state index contributed by atoms with van der Waals surface area (Å²) in [5.74, 6) is -0.631. The smallest absolute Gasteiger partial charge is 0.166 e. The Bertz CT molecular complexity index is 590. The third-order valence-electron chi connectivity index (χ3n) is 2.99. The maximum atomic E-state index is 13.6. The predicted octanol–water partition coefficient (Wildman–Crippen LogP) is 4.71. The quantitative estimate of drug-likeness (QED) is 0.745. The molecule has 0 N–H and O–H groups in total. The van der Waals surface area contributed by atoms with E-state index in [1.54, 1.807) is 6.07 Å². The van der Waals surface area contributed by atoms with Crippen LogP contribution in [0.3, 0.4) is 0 Å². The van der Waals surface area contributed by atoms with Crippen LogP contribution in [0.4, 0.5) is 4.39 Å². The topological polar surface area (TPSA) is 17.1 Å². The third kappa shape index (κ3) is 3.74. The maximum absolute atomic E-state index is 13.6. The molecule has 1 nitrogen and oxygen atoms in total. The van der Waals surface area contributed by atoms with Crippen molar-refractivity contribution in [1.82, 2.24) is 0 Å². The van der Waals surface area contributed by atoms with Crippen molar-refractivity contribution in [3.05, 3.63) is 69.4 Å². The molecule has 0 spiro atoms. The van der Waals surface area contributed by atoms with Gasteiger partial charge in [-0.15, -0.1) is 0 Å². The standard InChI is InChI=1S/C16H14BrFO/c1-11-2-4-12(5-3-11)6-9-16(19)14-8-7-13(17)10-15(14)18/h2-5,7-8,10H,6,9H2,1H3. The van der Waals surface area contributed by atoms with E-state index < -0.39 is 5.82 Å². The molecule has 0 bridgehead atoms. The van der Waals surface area contributed by atoms with Crippen molar-refractivity contribution in [2.24, 2.45) is 0 Å². The summed E-state index contributed by atoms with van der Waals surface area (Å²) in [7, 11) is 0. The number of aryl methyl sites for hydroxylation is 2. The van der Waals surface area contributed by atoms with Crippen LogP contribution in [-0.2, 0) is 6.42 Å². The molecule has 0 aliphatic heterocycles. The number of carbonyl (C=O) groups excluding carboxylic acids is 1. The van der Waals surface area contributed by atoms with E-state index in [9.17, 15) is 9.18 Å². The zero-order valence-corrected chi connectivity index (χ0v) is 12.2. The molecule has 0 saturated carbocycles. The number of carbonyl (C=O) groups is 1. The monoisotopic (exact) mass is 320 g/mol. The SMILES string of the molecule is Cc1ccc(CCC(=O)c2ccc(Br)cc2F)cc1. The molecular formula is C16H14BrFO. The van der Waals surface area contributed by atoms with Gasteiger partial charge >= 0.3 is 0 Å². The van der Waals surface area contributed by atoms with Gasteiger partial charge in [0, 0.05) is 10.9 Å². The summed E-state index contributed by atoms with van der Waals surface area (Å²) in [5, 5.41) is 0. The molecule has 3 heteroatoms. The van der Waals surface area contributed by atoms with Crippen LogP contribution in [0.1, 0.15) is 27.9 Å². The molecule has 19 heavy (non-hydrogen) atoms. The summed E-state index contributed by atoms with van der Waals surface area (Å²) in [5.41, 5.74) is 2.45. The highest BCUT2D eigenvalue weighted by molar-refractivity contribution is 9.10. The Hall–Kier alpha value is -1.48. The van der Waals surface area contributed by atoms with Crippen LogP contribution in [0.5, 0.6) is 0 Å². The van der Waals surface area contributed by atoms with Gasteiger partial charge < -0.3 is 0 Å². The zero-order valence-electron chi connectivity index (χ0n) is 10.6. The molecule has 2 aromatic rings.